The third kappa shape index (κ3) is 3.36. The number of nitrogen functional groups attached to an aromatic ring is 1. The standard InChI is InChI=1S/C15H16BrNO3/c1-18-14-5-3-11(16)7-10(14)9-20-12-4-6-15(19-2)13(17)8-12/h3-8H,9,17H2,1-2H3. The maximum Gasteiger partial charge on any atom is 0.142 e. The van der Waals surface area contributed by atoms with E-state index in [1.165, 1.54) is 0 Å². The zero-order valence-corrected chi connectivity index (χ0v) is 12.9. The quantitative estimate of drug-likeness (QED) is 0.846. The van der Waals surface area contributed by atoms with Gasteiger partial charge in [0.25, 0.3) is 0 Å². The predicted molar refractivity (Wildman–Crippen MR) is 82.4 cm³/mol. The van der Waals surface area contributed by atoms with E-state index < -0.39 is 0 Å². The summed E-state index contributed by atoms with van der Waals surface area (Å²) in [6.07, 6.45) is 0. The molecule has 0 aromatic heterocycles. The Hall–Kier alpha value is -1.88. The van der Waals surface area contributed by atoms with Crippen LogP contribution in [0.25, 0.3) is 0 Å². The summed E-state index contributed by atoms with van der Waals surface area (Å²) >= 11 is 3.43. The van der Waals surface area contributed by atoms with Crippen LogP contribution < -0.4 is 19.9 Å². The van der Waals surface area contributed by atoms with Crippen molar-refractivity contribution in [2.45, 2.75) is 6.61 Å². The number of ether oxygens (including phenoxy) is 3. The molecule has 0 spiro atoms. The predicted octanol–water partition coefficient (Wildman–Crippen LogP) is 3.63. The molecule has 0 amide bonds. The molecule has 4 nitrogen and oxygen atoms in total. The monoisotopic (exact) mass is 337 g/mol. The minimum atomic E-state index is 0.397. The zero-order chi connectivity index (χ0) is 14.5. The van der Waals surface area contributed by atoms with Crippen molar-refractivity contribution in [1.82, 2.24) is 0 Å². The first kappa shape index (κ1) is 14.5. The Kier molecular flexibility index (Phi) is 4.74. The van der Waals surface area contributed by atoms with E-state index in [-0.39, 0.29) is 0 Å². The highest BCUT2D eigenvalue weighted by Crippen LogP contribution is 2.28. The van der Waals surface area contributed by atoms with Crippen molar-refractivity contribution in [2.24, 2.45) is 0 Å². The molecule has 0 saturated carbocycles. The molecule has 106 valence electrons. The number of hydrogen-bond acceptors (Lipinski definition) is 4. The summed E-state index contributed by atoms with van der Waals surface area (Å²) in [5.74, 6) is 2.11. The van der Waals surface area contributed by atoms with E-state index in [1.807, 2.05) is 24.3 Å². The highest BCUT2D eigenvalue weighted by Gasteiger charge is 2.06. The molecule has 0 saturated heterocycles. The van der Waals surface area contributed by atoms with Gasteiger partial charge in [-0.1, -0.05) is 15.9 Å². The number of halogens is 1. The van der Waals surface area contributed by atoms with Crippen molar-refractivity contribution in [3.8, 4) is 17.2 Å². The van der Waals surface area contributed by atoms with E-state index in [1.54, 1.807) is 26.4 Å². The molecule has 0 heterocycles. The smallest absolute Gasteiger partial charge is 0.142 e. The van der Waals surface area contributed by atoms with Crippen molar-refractivity contribution >= 4 is 21.6 Å². The third-order valence-electron chi connectivity index (χ3n) is 2.84. The van der Waals surface area contributed by atoms with Crippen molar-refractivity contribution in [3.63, 3.8) is 0 Å². The van der Waals surface area contributed by atoms with Gasteiger partial charge < -0.3 is 19.9 Å². The highest BCUT2D eigenvalue weighted by molar-refractivity contribution is 9.10. The number of anilines is 1. The second kappa shape index (κ2) is 6.52. The lowest BCUT2D eigenvalue weighted by atomic mass is 10.2. The van der Waals surface area contributed by atoms with Crippen LogP contribution in [0.1, 0.15) is 5.56 Å². The average Bonchev–Trinajstić information content (AvgIpc) is 2.45. The van der Waals surface area contributed by atoms with Gasteiger partial charge in [0.15, 0.2) is 0 Å². The van der Waals surface area contributed by atoms with Crippen molar-refractivity contribution in [1.29, 1.82) is 0 Å². The fourth-order valence-corrected chi connectivity index (χ4v) is 2.23. The molecular weight excluding hydrogens is 322 g/mol. The number of hydrogen-bond donors (Lipinski definition) is 1. The lowest BCUT2D eigenvalue weighted by Gasteiger charge is -2.12. The van der Waals surface area contributed by atoms with E-state index in [2.05, 4.69) is 15.9 Å². The molecule has 2 N–H and O–H groups in total. The van der Waals surface area contributed by atoms with Crippen molar-refractivity contribution in [3.05, 3.63) is 46.4 Å². The normalized spacial score (nSPS) is 10.2. The molecule has 0 aliphatic heterocycles. The largest absolute Gasteiger partial charge is 0.496 e. The van der Waals surface area contributed by atoms with E-state index in [4.69, 9.17) is 19.9 Å². The van der Waals surface area contributed by atoms with E-state index in [0.717, 1.165) is 15.8 Å². The SMILES string of the molecule is COc1ccc(OCc2cc(Br)ccc2OC)cc1N. The van der Waals surface area contributed by atoms with Gasteiger partial charge in [-0.3, -0.25) is 0 Å². The number of nitrogens with two attached hydrogens (primary N) is 1. The van der Waals surface area contributed by atoms with Gasteiger partial charge in [0.05, 0.1) is 19.9 Å². The van der Waals surface area contributed by atoms with Gasteiger partial charge in [-0.15, -0.1) is 0 Å². The van der Waals surface area contributed by atoms with Gasteiger partial charge in [-0.25, -0.2) is 0 Å². The summed E-state index contributed by atoms with van der Waals surface area (Å²) in [6.45, 7) is 0.397. The van der Waals surface area contributed by atoms with Crippen LogP contribution in [0.2, 0.25) is 0 Å². The average molecular weight is 338 g/mol. The fourth-order valence-electron chi connectivity index (χ4n) is 1.82. The van der Waals surface area contributed by atoms with Crippen LogP contribution in [-0.2, 0) is 6.61 Å². The van der Waals surface area contributed by atoms with Gasteiger partial charge in [-0.2, -0.15) is 0 Å². The zero-order valence-electron chi connectivity index (χ0n) is 11.4. The molecule has 0 atom stereocenters. The first-order valence-electron chi connectivity index (χ1n) is 6.02. The molecule has 0 bridgehead atoms. The summed E-state index contributed by atoms with van der Waals surface area (Å²) in [7, 11) is 3.22. The molecule has 0 aliphatic carbocycles. The van der Waals surface area contributed by atoms with Gasteiger partial charge >= 0.3 is 0 Å². The highest BCUT2D eigenvalue weighted by atomic mass is 79.9. The summed E-state index contributed by atoms with van der Waals surface area (Å²) < 4.78 is 17.1. The number of methoxy groups -OCH3 is 2. The second-order valence-electron chi connectivity index (χ2n) is 4.15. The summed E-state index contributed by atoms with van der Waals surface area (Å²) in [5.41, 5.74) is 7.35. The Morgan fingerprint density at radius 1 is 1.00 bits per heavy atom. The molecule has 5 heteroatoms. The lowest BCUT2D eigenvalue weighted by Crippen LogP contribution is -2.00. The van der Waals surface area contributed by atoms with Crippen molar-refractivity contribution in [2.75, 3.05) is 20.0 Å². The Morgan fingerprint density at radius 2 is 1.70 bits per heavy atom. The van der Waals surface area contributed by atoms with Crippen LogP contribution >= 0.6 is 15.9 Å². The summed E-state index contributed by atoms with van der Waals surface area (Å²) in [6, 6.07) is 11.1. The molecule has 2 aromatic carbocycles. The second-order valence-corrected chi connectivity index (χ2v) is 5.06. The Balaban J connectivity index is 2.12. The first-order valence-corrected chi connectivity index (χ1v) is 6.82. The maximum atomic E-state index is 5.84. The molecule has 0 fully saturated rings. The molecule has 0 aliphatic rings. The minimum absolute atomic E-state index is 0.397. The Morgan fingerprint density at radius 3 is 2.35 bits per heavy atom. The van der Waals surface area contributed by atoms with E-state index in [9.17, 15) is 0 Å². The molecule has 0 radical (unpaired) electrons. The Labute approximate surface area is 126 Å². The molecule has 20 heavy (non-hydrogen) atoms. The van der Waals surface area contributed by atoms with Crippen LogP contribution in [0.5, 0.6) is 17.2 Å². The third-order valence-corrected chi connectivity index (χ3v) is 3.33. The van der Waals surface area contributed by atoms with Crippen LogP contribution in [0.3, 0.4) is 0 Å². The first-order chi connectivity index (χ1) is 9.63. The van der Waals surface area contributed by atoms with Crippen molar-refractivity contribution < 1.29 is 14.2 Å². The van der Waals surface area contributed by atoms with Crippen LogP contribution in [0.4, 0.5) is 5.69 Å². The van der Waals surface area contributed by atoms with Crippen LogP contribution in [0, 0.1) is 0 Å². The van der Waals surface area contributed by atoms with Gasteiger partial charge in [0.1, 0.15) is 23.9 Å². The molecular formula is C15H16BrNO3. The lowest BCUT2D eigenvalue weighted by molar-refractivity contribution is 0.296. The fraction of sp³-hybridized carbons (Fsp3) is 0.200. The summed E-state index contributed by atoms with van der Waals surface area (Å²) in [5, 5.41) is 0. The van der Waals surface area contributed by atoms with E-state index in [0.29, 0.717) is 23.8 Å². The van der Waals surface area contributed by atoms with Crippen LogP contribution in [0.15, 0.2) is 40.9 Å². The Bertz CT molecular complexity index is 602. The molecule has 2 rings (SSSR count). The topological polar surface area (TPSA) is 53.7 Å². The van der Waals surface area contributed by atoms with E-state index >= 15 is 0 Å². The van der Waals surface area contributed by atoms with Gasteiger partial charge in [0, 0.05) is 16.1 Å². The number of rotatable bonds is 5. The van der Waals surface area contributed by atoms with Gasteiger partial charge in [-0.05, 0) is 30.3 Å². The number of benzene rings is 2. The maximum absolute atomic E-state index is 5.84. The molecule has 0 unspecified atom stereocenters. The van der Waals surface area contributed by atoms with Gasteiger partial charge in [0.2, 0.25) is 0 Å². The van der Waals surface area contributed by atoms with Crippen LogP contribution in [-0.4, -0.2) is 14.2 Å². The summed E-state index contributed by atoms with van der Waals surface area (Å²) in [4.78, 5) is 0. The molecule has 2 aromatic rings. The minimum Gasteiger partial charge on any atom is -0.496 e.